The van der Waals surface area contributed by atoms with Crippen LogP contribution >= 0.6 is 23.2 Å². The summed E-state index contributed by atoms with van der Waals surface area (Å²) >= 11 is 11.9. The van der Waals surface area contributed by atoms with Crippen LogP contribution in [0.15, 0.2) is 18.2 Å². The molecule has 1 saturated carbocycles. The summed E-state index contributed by atoms with van der Waals surface area (Å²) in [5, 5.41) is 1.23. The lowest BCUT2D eigenvalue weighted by molar-refractivity contribution is 0.407. The Morgan fingerprint density at radius 2 is 2.12 bits per heavy atom. The highest BCUT2D eigenvalue weighted by Crippen LogP contribution is 2.37. The van der Waals surface area contributed by atoms with Gasteiger partial charge in [0.05, 0.1) is 10.0 Å². The Balaban J connectivity index is 2.08. The van der Waals surface area contributed by atoms with Gasteiger partial charge in [0, 0.05) is 5.54 Å². The van der Waals surface area contributed by atoms with Gasteiger partial charge in [-0.2, -0.15) is 0 Å². The molecule has 1 nitrogen and oxygen atoms in total. The van der Waals surface area contributed by atoms with E-state index < -0.39 is 0 Å². The Morgan fingerprint density at radius 1 is 1.35 bits per heavy atom. The summed E-state index contributed by atoms with van der Waals surface area (Å²) < 4.78 is 0. The highest BCUT2D eigenvalue weighted by molar-refractivity contribution is 6.42. The van der Waals surface area contributed by atoms with Crippen LogP contribution in [0.25, 0.3) is 0 Å². The van der Waals surface area contributed by atoms with E-state index in [0.717, 1.165) is 25.2 Å². The number of hydrogen-bond acceptors (Lipinski definition) is 1. The van der Waals surface area contributed by atoms with E-state index in [9.17, 15) is 0 Å². The Morgan fingerprint density at radius 3 is 2.71 bits per heavy atom. The zero-order valence-electron chi connectivity index (χ0n) is 10.2. The molecule has 17 heavy (non-hydrogen) atoms. The van der Waals surface area contributed by atoms with Gasteiger partial charge in [-0.15, -0.1) is 0 Å². The average Bonchev–Trinajstić information content (AvgIpc) is 2.66. The van der Waals surface area contributed by atoms with Crippen molar-refractivity contribution in [3.63, 3.8) is 0 Å². The first-order valence-corrected chi connectivity index (χ1v) is 7.01. The maximum absolute atomic E-state index is 6.47. The summed E-state index contributed by atoms with van der Waals surface area (Å²) in [4.78, 5) is 0. The van der Waals surface area contributed by atoms with E-state index in [1.807, 2.05) is 18.2 Å². The second kappa shape index (κ2) is 5.17. The number of nitrogens with two attached hydrogens (primary N) is 1. The highest BCUT2D eigenvalue weighted by Gasteiger charge is 2.34. The molecule has 1 aromatic rings. The second-order valence-corrected chi connectivity index (χ2v) is 6.12. The Bertz CT molecular complexity index is 405. The molecule has 0 radical (unpaired) electrons. The molecule has 0 spiro atoms. The number of hydrogen-bond donors (Lipinski definition) is 1. The van der Waals surface area contributed by atoms with Gasteiger partial charge >= 0.3 is 0 Å². The monoisotopic (exact) mass is 271 g/mol. The van der Waals surface area contributed by atoms with Crippen LogP contribution in [0.3, 0.4) is 0 Å². The quantitative estimate of drug-likeness (QED) is 0.864. The summed E-state index contributed by atoms with van der Waals surface area (Å²) in [5.74, 6) is 0.794. The standard InChI is InChI=1S/C14H19Cl2N/c1-2-10-5-6-14(17,8-10)9-11-3-4-12(15)13(16)7-11/h3-4,7,10H,2,5-6,8-9,17H2,1H3. The van der Waals surface area contributed by atoms with Crippen molar-refractivity contribution in [2.45, 2.75) is 44.6 Å². The second-order valence-electron chi connectivity index (χ2n) is 5.30. The maximum atomic E-state index is 6.47. The molecule has 1 fully saturated rings. The molecule has 2 rings (SSSR count). The fraction of sp³-hybridized carbons (Fsp3) is 0.571. The van der Waals surface area contributed by atoms with Gasteiger partial charge in [-0.1, -0.05) is 42.6 Å². The minimum Gasteiger partial charge on any atom is -0.325 e. The Labute approximate surface area is 113 Å². The van der Waals surface area contributed by atoms with Crippen LogP contribution in [0.1, 0.15) is 38.2 Å². The van der Waals surface area contributed by atoms with Crippen LogP contribution in [0.4, 0.5) is 0 Å². The molecule has 0 saturated heterocycles. The van der Waals surface area contributed by atoms with Crippen molar-refractivity contribution in [1.29, 1.82) is 0 Å². The Hall–Kier alpha value is -0.240. The normalized spacial score (nSPS) is 28.6. The summed E-state index contributed by atoms with van der Waals surface area (Å²) in [6.45, 7) is 2.25. The molecule has 0 heterocycles. The molecule has 1 aliphatic carbocycles. The van der Waals surface area contributed by atoms with Gasteiger partial charge in [-0.25, -0.2) is 0 Å². The van der Waals surface area contributed by atoms with Gasteiger partial charge in [0.2, 0.25) is 0 Å². The third-order valence-electron chi connectivity index (χ3n) is 3.86. The number of halogens is 2. The van der Waals surface area contributed by atoms with Crippen molar-refractivity contribution in [3.05, 3.63) is 33.8 Å². The first-order valence-electron chi connectivity index (χ1n) is 6.25. The van der Waals surface area contributed by atoms with Crippen molar-refractivity contribution in [3.8, 4) is 0 Å². The summed E-state index contributed by atoms with van der Waals surface area (Å²) in [7, 11) is 0. The molecule has 0 aliphatic heterocycles. The zero-order valence-corrected chi connectivity index (χ0v) is 11.7. The lowest BCUT2D eigenvalue weighted by Gasteiger charge is -2.24. The first kappa shape index (κ1) is 13.2. The van der Waals surface area contributed by atoms with Gasteiger partial charge in [0.1, 0.15) is 0 Å². The largest absolute Gasteiger partial charge is 0.325 e. The molecule has 1 aromatic carbocycles. The van der Waals surface area contributed by atoms with E-state index in [2.05, 4.69) is 6.92 Å². The van der Waals surface area contributed by atoms with Crippen molar-refractivity contribution in [2.24, 2.45) is 11.7 Å². The average molecular weight is 272 g/mol. The third kappa shape index (κ3) is 3.15. The molecular weight excluding hydrogens is 253 g/mol. The topological polar surface area (TPSA) is 26.0 Å². The predicted octanol–water partition coefficient (Wildman–Crippen LogP) is 4.44. The molecule has 1 aliphatic rings. The van der Waals surface area contributed by atoms with E-state index in [0.29, 0.717) is 10.0 Å². The van der Waals surface area contributed by atoms with Gasteiger partial charge in [-0.05, 0) is 49.3 Å². The highest BCUT2D eigenvalue weighted by atomic mass is 35.5. The van der Waals surface area contributed by atoms with Crippen molar-refractivity contribution < 1.29 is 0 Å². The van der Waals surface area contributed by atoms with Gasteiger partial charge in [0.15, 0.2) is 0 Å². The van der Waals surface area contributed by atoms with Gasteiger partial charge < -0.3 is 5.73 Å². The van der Waals surface area contributed by atoms with Crippen LogP contribution in [0.2, 0.25) is 10.0 Å². The van der Waals surface area contributed by atoms with Gasteiger partial charge in [0.25, 0.3) is 0 Å². The van der Waals surface area contributed by atoms with Crippen LogP contribution in [0.5, 0.6) is 0 Å². The lowest BCUT2D eigenvalue weighted by atomic mass is 9.89. The fourth-order valence-electron chi connectivity index (χ4n) is 2.84. The van der Waals surface area contributed by atoms with Crippen molar-refractivity contribution in [2.75, 3.05) is 0 Å². The summed E-state index contributed by atoms with van der Waals surface area (Å²) in [6.07, 6.45) is 5.64. The SMILES string of the molecule is CCC1CCC(N)(Cc2ccc(Cl)c(Cl)c2)C1. The Kier molecular flexibility index (Phi) is 4.02. The van der Waals surface area contributed by atoms with Gasteiger partial charge in [-0.3, -0.25) is 0 Å². The van der Waals surface area contributed by atoms with Crippen molar-refractivity contribution >= 4 is 23.2 Å². The molecule has 2 N–H and O–H groups in total. The third-order valence-corrected chi connectivity index (χ3v) is 4.60. The van der Waals surface area contributed by atoms with E-state index in [-0.39, 0.29) is 5.54 Å². The van der Waals surface area contributed by atoms with E-state index in [1.54, 1.807) is 0 Å². The molecule has 94 valence electrons. The molecule has 3 heteroatoms. The molecule has 0 bridgehead atoms. The van der Waals surface area contributed by atoms with E-state index in [1.165, 1.54) is 18.4 Å². The minimum atomic E-state index is -0.0438. The van der Waals surface area contributed by atoms with Crippen LogP contribution in [-0.2, 0) is 6.42 Å². The zero-order chi connectivity index (χ0) is 12.5. The number of benzene rings is 1. The minimum absolute atomic E-state index is 0.0438. The lowest BCUT2D eigenvalue weighted by Crippen LogP contribution is -2.39. The predicted molar refractivity (Wildman–Crippen MR) is 74.7 cm³/mol. The maximum Gasteiger partial charge on any atom is 0.0595 e. The van der Waals surface area contributed by atoms with E-state index >= 15 is 0 Å². The van der Waals surface area contributed by atoms with Crippen LogP contribution in [-0.4, -0.2) is 5.54 Å². The molecule has 2 atom stereocenters. The summed E-state index contributed by atoms with van der Waals surface area (Å²) in [6, 6.07) is 5.83. The smallest absolute Gasteiger partial charge is 0.0595 e. The van der Waals surface area contributed by atoms with Crippen LogP contribution < -0.4 is 5.73 Å². The van der Waals surface area contributed by atoms with Crippen molar-refractivity contribution in [1.82, 2.24) is 0 Å². The summed E-state index contributed by atoms with van der Waals surface area (Å²) in [5.41, 5.74) is 7.62. The van der Waals surface area contributed by atoms with E-state index in [4.69, 9.17) is 28.9 Å². The molecule has 2 unspecified atom stereocenters. The molecule has 0 amide bonds. The molecular formula is C14H19Cl2N. The first-order chi connectivity index (χ1) is 8.02. The number of rotatable bonds is 3. The van der Waals surface area contributed by atoms with Crippen LogP contribution in [0, 0.1) is 5.92 Å². The fourth-order valence-corrected chi connectivity index (χ4v) is 3.16. The molecule has 0 aromatic heterocycles.